The Morgan fingerprint density at radius 1 is 1.07 bits per heavy atom. The molecule has 14 heteroatoms. The van der Waals surface area contributed by atoms with Crippen LogP contribution in [0.1, 0.15) is 46.5 Å². The van der Waals surface area contributed by atoms with Crippen LogP contribution in [0.25, 0.3) is 21.9 Å². The molecule has 4 bridgehead atoms. The van der Waals surface area contributed by atoms with Crippen molar-refractivity contribution in [2.24, 2.45) is 0 Å². The maximum atomic E-state index is 15.0. The van der Waals surface area contributed by atoms with Crippen LogP contribution in [0.4, 0.5) is 20.7 Å². The van der Waals surface area contributed by atoms with E-state index in [1.165, 1.54) is 48.2 Å². The fraction of sp³-hybridized carbons (Fsp3) is 0.429. The first-order valence-electron chi connectivity index (χ1n) is 13.7. The van der Waals surface area contributed by atoms with Crippen LogP contribution in [0.15, 0.2) is 29.7 Å². The molecule has 0 saturated carbocycles. The molecule has 2 aliphatic heterocycles. The third-order valence-corrected chi connectivity index (χ3v) is 7.25. The van der Waals surface area contributed by atoms with E-state index in [1.54, 1.807) is 20.8 Å². The summed E-state index contributed by atoms with van der Waals surface area (Å²) in [6.45, 7) is 6.50. The van der Waals surface area contributed by atoms with Crippen LogP contribution in [0, 0.1) is 5.82 Å². The number of ether oxygens (including phenoxy) is 2. The second-order valence-corrected chi connectivity index (χ2v) is 11.8. The second kappa shape index (κ2) is 12.3. The Morgan fingerprint density at radius 2 is 1.79 bits per heavy atom. The molecule has 0 fully saturated rings. The minimum atomic E-state index is -0.724. The van der Waals surface area contributed by atoms with Crippen LogP contribution >= 0.6 is 11.8 Å². The zero-order valence-corrected chi connectivity index (χ0v) is 24.7. The lowest BCUT2D eigenvalue weighted by molar-refractivity contribution is -0.118. The molecule has 0 spiro atoms. The third kappa shape index (κ3) is 6.98. The Labute approximate surface area is 246 Å². The molecule has 3 N–H and O–H groups in total. The van der Waals surface area contributed by atoms with Crippen LogP contribution < -0.4 is 20.3 Å². The fourth-order valence-electron chi connectivity index (χ4n) is 4.45. The van der Waals surface area contributed by atoms with Gasteiger partial charge in [-0.25, -0.2) is 19.2 Å². The number of aromatic nitrogens is 5. The van der Waals surface area contributed by atoms with Crippen molar-refractivity contribution in [3.05, 3.63) is 30.3 Å². The molecule has 0 atom stereocenters. The van der Waals surface area contributed by atoms with Gasteiger partial charge >= 0.3 is 12.1 Å². The van der Waals surface area contributed by atoms with Gasteiger partial charge in [0.2, 0.25) is 5.91 Å². The van der Waals surface area contributed by atoms with Gasteiger partial charge in [0.15, 0.2) is 10.9 Å². The predicted molar refractivity (Wildman–Crippen MR) is 159 cm³/mol. The van der Waals surface area contributed by atoms with E-state index in [2.05, 4.69) is 35.6 Å². The molecule has 42 heavy (non-hydrogen) atoms. The maximum Gasteiger partial charge on any atom is 0.414 e. The van der Waals surface area contributed by atoms with Gasteiger partial charge in [0.25, 0.3) is 0 Å². The van der Waals surface area contributed by atoms with E-state index < -0.39 is 17.5 Å². The van der Waals surface area contributed by atoms with Crippen LogP contribution in [0.5, 0.6) is 11.8 Å². The number of rotatable bonds is 1. The molecule has 222 valence electrons. The molecule has 0 unspecified atom stereocenters. The van der Waals surface area contributed by atoms with Crippen molar-refractivity contribution in [1.82, 2.24) is 30.2 Å². The highest BCUT2D eigenvalue weighted by atomic mass is 32.2. The standard InChI is InChI=1S/C28H33FN8O4S/c1-28(2,3)41-27(39)37(4)19-12-16(29)11-18-21-23-31-10-8-6-5-7-9-30-20(38)15-42-26-32-13-17(14-33-26)40-25(35-23)36-24(21)34-22(18)19/h11-14H,5-10,15H2,1-4H3,(H,30,38)(H2,31,34,35,36). The Balaban J connectivity index is 1.55. The Bertz CT molecular complexity index is 1610. The number of fused-ring (bicyclic) bond motifs is 15. The maximum absolute atomic E-state index is 15.0. The number of nitrogens with one attached hydrogen (secondary N) is 3. The molecular formula is C28H33FN8O4S. The number of carbonyl (C=O) groups excluding carboxylic acids is 2. The minimum absolute atomic E-state index is 0.0281. The number of amides is 2. The predicted octanol–water partition coefficient (Wildman–Crippen LogP) is 5.40. The Morgan fingerprint density at radius 3 is 2.50 bits per heavy atom. The molecule has 2 amide bonds. The van der Waals surface area contributed by atoms with Crippen molar-refractivity contribution >= 4 is 57.2 Å². The first kappa shape index (κ1) is 29.3. The first-order valence-corrected chi connectivity index (χ1v) is 14.7. The number of benzene rings is 1. The SMILES string of the molecule is CN(C(=O)OC(C)(C)C)c1cc(F)cc2c1[nH]c1nc3nc(c12)NCCCCCCNC(=O)CSc1ncc(cn1)O3. The average molecular weight is 597 g/mol. The molecule has 5 heterocycles. The number of aromatic amines is 1. The van der Waals surface area contributed by atoms with Crippen molar-refractivity contribution in [2.75, 3.05) is 36.1 Å². The molecule has 4 aromatic rings. The lowest BCUT2D eigenvalue weighted by Gasteiger charge is -2.25. The summed E-state index contributed by atoms with van der Waals surface area (Å²) in [6, 6.07) is 2.68. The summed E-state index contributed by atoms with van der Waals surface area (Å²) in [5.41, 5.74) is 0.458. The molecule has 0 radical (unpaired) electrons. The van der Waals surface area contributed by atoms with Crippen LogP contribution in [-0.2, 0) is 9.53 Å². The van der Waals surface area contributed by atoms with Gasteiger partial charge in [-0.05, 0) is 45.7 Å². The second-order valence-electron chi connectivity index (χ2n) is 10.9. The highest BCUT2D eigenvalue weighted by Gasteiger charge is 2.25. The highest BCUT2D eigenvalue weighted by Crippen LogP contribution is 2.37. The molecule has 3 aromatic heterocycles. The number of H-pyrrole nitrogens is 1. The van der Waals surface area contributed by atoms with E-state index in [-0.39, 0.29) is 17.7 Å². The molecule has 1 aromatic carbocycles. The Kier molecular flexibility index (Phi) is 8.61. The van der Waals surface area contributed by atoms with Crippen molar-refractivity contribution in [3.63, 3.8) is 0 Å². The van der Waals surface area contributed by atoms with E-state index in [9.17, 15) is 14.0 Å². The van der Waals surface area contributed by atoms with E-state index in [4.69, 9.17) is 9.47 Å². The van der Waals surface area contributed by atoms with Gasteiger partial charge in [-0.2, -0.15) is 9.97 Å². The van der Waals surface area contributed by atoms with Gasteiger partial charge in [0.1, 0.15) is 22.9 Å². The van der Waals surface area contributed by atoms with Crippen molar-refractivity contribution in [1.29, 1.82) is 0 Å². The number of carbonyl (C=O) groups is 2. The van der Waals surface area contributed by atoms with Gasteiger partial charge in [0, 0.05) is 25.5 Å². The number of halogens is 1. The zero-order chi connectivity index (χ0) is 29.9. The highest BCUT2D eigenvalue weighted by molar-refractivity contribution is 7.99. The van der Waals surface area contributed by atoms with E-state index in [0.29, 0.717) is 57.4 Å². The van der Waals surface area contributed by atoms with E-state index >= 15 is 0 Å². The lowest BCUT2D eigenvalue weighted by atomic mass is 10.1. The van der Waals surface area contributed by atoms with Crippen LogP contribution in [-0.4, -0.2) is 68.4 Å². The summed E-state index contributed by atoms with van der Waals surface area (Å²) in [7, 11) is 1.53. The van der Waals surface area contributed by atoms with Gasteiger partial charge in [-0.1, -0.05) is 24.6 Å². The monoisotopic (exact) mass is 596 g/mol. The smallest absolute Gasteiger partial charge is 0.414 e. The van der Waals surface area contributed by atoms with E-state index in [0.717, 1.165) is 25.7 Å². The minimum Gasteiger partial charge on any atom is -0.443 e. The summed E-state index contributed by atoms with van der Waals surface area (Å²) in [6.07, 6.45) is 5.96. The summed E-state index contributed by atoms with van der Waals surface area (Å²) in [5.74, 6) is 0.390. The molecule has 0 saturated heterocycles. The molecular weight excluding hydrogens is 563 g/mol. The number of anilines is 2. The molecule has 12 nitrogen and oxygen atoms in total. The van der Waals surface area contributed by atoms with E-state index in [1.807, 2.05) is 0 Å². The topological polar surface area (TPSA) is 147 Å². The van der Waals surface area contributed by atoms with Crippen molar-refractivity contribution in [2.45, 2.75) is 57.2 Å². The molecule has 6 rings (SSSR count). The van der Waals surface area contributed by atoms with Crippen molar-refractivity contribution in [3.8, 4) is 11.8 Å². The normalized spacial score (nSPS) is 15.2. The van der Waals surface area contributed by atoms with Crippen LogP contribution in [0.3, 0.4) is 0 Å². The van der Waals surface area contributed by atoms with Gasteiger partial charge < -0.3 is 25.1 Å². The summed E-state index contributed by atoms with van der Waals surface area (Å²) in [5, 5.41) is 7.78. The fourth-order valence-corrected chi connectivity index (χ4v) is 5.07. The first-order chi connectivity index (χ1) is 20.1. The zero-order valence-electron chi connectivity index (χ0n) is 23.9. The quantitative estimate of drug-likeness (QED) is 0.244. The molecule has 0 aliphatic carbocycles. The number of hydrogen-bond donors (Lipinski definition) is 3. The third-order valence-electron chi connectivity index (χ3n) is 6.38. The Hall–Kier alpha value is -4.20. The molecule has 2 aliphatic rings. The van der Waals surface area contributed by atoms with Gasteiger partial charge in [0.05, 0.1) is 34.7 Å². The summed E-state index contributed by atoms with van der Waals surface area (Å²) < 4.78 is 26.4. The van der Waals surface area contributed by atoms with Crippen LogP contribution in [0.2, 0.25) is 0 Å². The summed E-state index contributed by atoms with van der Waals surface area (Å²) in [4.78, 5) is 47.1. The lowest BCUT2D eigenvalue weighted by Crippen LogP contribution is -2.34. The average Bonchev–Trinajstić information content (AvgIpc) is 3.30. The number of thioether (sulfide) groups is 1. The van der Waals surface area contributed by atoms with Gasteiger partial charge in [-0.3, -0.25) is 9.69 Å². The van der Waals surface area contributed by atoms with Gasteiger partial charge in [-0.15, -0.1) is 0 Å². The number of hydrogen-bond acceptors (Lipinski definition) is 10. The van der Waals surface area contributed by atoms with Crippen molar-refractivity contribution < 1.29 is 23.5 Å². The largest absolute Gasteiger partial charge is 0.443 e. The number of nitrogens with zero attached hydrogens (tertiary/aromatic N) is 5. The summed E-state index contributed by atoms with van der Waals surface area (Å²) >= 11 is 1.23.